The molecule has 67 heavy (non-hydrogen) atoms. The zero-order valence-electron chi connectivity index (χ0n) is 34.7. The van der Waals surface area contributed by atoms with Crippen LogP contribution in [0.15, 0.2) is 99.9 Å². The summed E-state index contributed by atoms with van der Waals surface area (Å²) in [5.74, 6) is -0.402. The van der Waals surface area contributed by atoms with Gasteiger partial charge in [-0.1, -0.05) is 30.3 Å². The molecule has 8 bridgehead atoms. The summed E-state index contributed by atoms with van der Waals surface area (Å²) in [6.07, 6.45) is 6.86. The second-order valence-corrected chi connectivity index (χ2v) is 20.2. The molecule has 6 heterocycles. The van der Waals surface area contributed by atoms with Crippen LogP contribution in [0.3, 0.4) is 0 Å². The minimum absolute atomic E-state index is 0. The summed E-state index contributed by atoms with van der Waals surface area (Å²) in [5.41, 5.74) is 3.47. The van der Waals surface area contributed by atoms with Crippen molar-refractivity contribution in [1.29, 1.82) is 0 Å². The Kier molecular flexibility index (Phi) is 11.9. The van der Waals surface area contributed by atoms with Gasteiger partial charge in [-0.05, 0) is 78.1 Å². The van der Waals surface area contributed by atoms with E-state index >= 15 is 0 Å². The van der Waals surface area contributed by atoms with Crippen LogP contribution in [0.1, 0.15) is 39.9 Å². The maximum Gasteiger partial charge on any atom is 2.00 e. The van der Waals surface area contributed by atoms with Gasteiger partial charge in [0.05, 0.1) is 33.1 Å². The van der Waals surface area contributed by atoms with Crippen molar-refractivity contribution >= 4 is 71.1 Å². The molecule has 0 saturated heterocycles. The van der Waals surface area contributed by atoms with E-state index < -0.39 is 42.7 Å². The van der Waals surface area contributed by atoms with Gasteiger partial charge in [0, 0.05) is 86.3 Å². The smallest absolute Gasteiger partial charge is 0.358 e. The molecule has 0 unspecified atom stereocenters. The number of nitrogens with one attached hydrogen (secondary N) is 1. The van der Waals surface area contributed by atoms with Crippen molar-refractivity contribution in [3.05, 3.63) is 112 Å². The zero-order chi connectivity index (χ0) is 46.3. The van der Waals surface area contributed by atoms with Crippen LogP contribution in [-0.4, -0.2) is 82.6 Å². The Balaban J connectivity index is 0.00000562. The van der Waals surface area contributed by atoms with E-state index in [1.165, 1.54) is 36.4 Å². The summed E-state index contributed by atoms with van der Waals surface area (Å²) in [6.45, 7) is 3.15. The Morgan fingerprint density at radius 2 is 1.36 bits per heavy atom. The number of nitrogens with zero attached hydrogens (tertiary/aromatic N) is 9. The Hall–Kier alpha value is -5.99. The van der Waals surface area contributed by atoms with Crippen LogP contribution in [-0.2, 0) is 46.6 Å². The molecule has 10 rings (SSSR count). The van der Waals surface area contributed by atoms with Crippen LogP contribution >= 0.6 is 21.7 Å². The van der Waals surface area contributed by atoms with Crippen molar-refractivity contribution < 1.29 is 66.7 Å². The van der Waals surface area contributed by atoms with Crippen molar-refractivity contribution in [2.24, 2.45) is 0 Å². The van der Waals surface area contributed by atoms with Gasteiger partial charge in [0.25, 0.3) is 16.0 Å². The maximum absolute atomic E-state index is 14.1. The number of carbonyl (C=O) groups excluding carboxylic acids is 1. The molecule has 3 aliphatic rings. The molecule has 1 aliphatic carbocycles. The molecule has 1 amide bonds. The van der Waals surface area contributed by atoms with Crippen molar-refractivity contribution in [1.82, 2.24) is 45.2 Å². The summed E-state index contributed by atoms with van der Waals surface area (Å²) < 4.78 is 98.5. The zero-order valence-corrected chi connectivity index (χ0v) is 38.1. The molecule has 0 spiro atoms. The average Bonchev–Trinajstić information content (AvgIpc) is 4.00. The van der Waals surface area contributed by atoms with Crippen LogP contribution in [0.4, 0.5) is 0 Å². The fourth-order valence-electron chi connectivity index (χ4n) is 8.14. The molecule has 347 valence electrons. The van der Waals surface area contributed by atoms with E-state index in [9.17, 15) is 45.1 Å². The molecule has 0 atom stereocenters. The summed E-state index contributed by atoms with van der Waals surface area (Å²) in [6, 6.07) is 16.7. The average molecular weight is 1010 g/mol. The van der Waals surface area contributed by atoms with Crippen LogP contribution in [0.2, 0.25) is 0 Å². The molecular formula is C43H37CuN10O10S3+. The minimum Gasteiger partial charge on any atom is -0.358 e. The first-order valence-corrected chi connectivity index (χ1v) is 24.6. The summed E-state index contributed by atoms with van der Waals surface area (Å²) >= 11 is 0. The van der Waals surface area contributed by atoms with Gasteiger partial charge in [-0.2, -0.15) is 8.42 Å². The number of aryl methyl sites for hydroxylation is 2. The van der Waals surface area contributed by atoms with Crippen LogP contribution < -0.4 is 19.9 Å². The number of hydrogen-bond acceptors (Lipinski definition) is 15. The van der Waals surface area contributed by atoms with E-state index in [4.69, 9.17) is 34.9 Å². The van der Waals surface area contributed by atoms with E-state index in [0.717, 1.165) is 24.6 Å². The second-order valence-electron chi connectivity index (χ2n) is 15.7. The Labute approximate surface area is 394 Å². The molecule has 3 aromatic carbocycles. The number of carbonyl (C=O) groups is 1. The number of rotatable bonds is 9. The fraction of sp³-hybridized carbons (Fsp3) is 0.163. The molecule has 20 nitrogen and oxygen atoms in total. The first-order chi connectivity index (χ1) is 31.4. The number of allylic oxidation sites excluding steroid dienone is 2. The van der Waals surface area contributed by atoms with Gasteiger partial charge >= 0.3 is 17.1 Å². The largest absolute Gasteiger partial charge is 2.00 e. The van der Waals surface area contributed by atoms with Crippen LogP contribution in [0, 0.1) is 6.92 Å². The van der Waals surface area contributed by atoms with Gasteiger partial charge in [0.15, 0.2) is 12.4 Å². The topological polar surface area (TPSA) is 314 Å². The number of amides is 1. The predicted octanol–water partition coefficient (Wildman–Crippen LogP) is 6.81. The number of hydrogen-bond donors (Lipinski definition) is 8. The Morgan fingerprint density at radius 3 is 2.10 bits per heavy atom. The van der Waals surface area contributed by atoms with Gasteiger partial charge in [-0.15, -0.1) is 0 Å². The first-order valence-electron chi connectivity index (χ1n) is 20.2. The van der Waals surface area contributed by atoms with Gasteiger partial charge in [0.2, 0.25) is 0 Å². The third-order valence-corrected chi connectivity index (χ3v) is 14.1. The first kappa shape index (κ1) is 46.1. The Bertz CT molecular complexity index is 3540. The molecule has 1 radical (unpaired) electrons. The van der Waals surface area contributed by atoms with E-state index in [0.29, 0.717) is 40.8 Å². The Morgan fingerprint density at radius 1 is 0.687 bits per heavy atom. The summed E-state index contributed by atoms with van der Waals surface area (Å²) in [5, 5.41) is 3.38. The molecule has 0 fully saturated rings. The maximum atomic E-state index is 14.1. The van der Waals surface area contributed by atoms with Crippen LogP contribution in [0.25, 0.3) is 78.9 Å². The monoisotopic (exact) mass is 1010 g/mol. The molecular weight excluding hydrogens is 976 g/mol. The molecule has 24 heteroatoms. The molecule has 2 aliphatic heterocycles. The summed E-state index contributed by atoms with van der Waals surface area (Å²) in [4.78, 5) is 51.4. The van der Waals surface area contributed by atoms with Gasteiger partial charge in [0.1, 0.15) is 28.3 Å². The van der Waals surface area contributed by atoms with E-state index in [2.05, 4.69) is 21.1 Å². The second kappa shape index (κ2) is 17.3. The van der Waals surface area contributed by atoms with Crippen LogP contribution in [0.5, 0.6) is 0 Å². The van der Waals surface area contributed by atoms with Gasteiger partial charge in [-0.3, -0.25) is 9.35 Å². The van der Waals surface area contributed by atoms with Crippen molar-refractivity contribution in [2.75, 3.05) is 6.54 Å². The fourth-order valence-corrected chi connectivity index (χ4v) is 9.82. The third kappa shape index (κ3) is 8.86. The predicted molar refractivity (Wildman–Crippen MR) is 244 cm³/mol. The van der Waals surface area contributed by atoms with Crippen molar-refractivity contribution in [2.45, 2.75) is 48.9 Å². The van der Waals surface area contributed by atoms with E-state index in [1.807, 2.05) is 25.3 Å². The molecule has 8 N–H and O–H groups in total. The van der Waals surface area contributed by atoms with E-state index in [1.54, 1.807) is 18.2 Å². The minimum atomic E-state index is -4.74. The number of unbranched alkanes of at least 4 members (excludes halogenated alkanes) is 1. The van der Waals surface area contributed by atoms with Gasteiger partial charge in [-0.25, -0.2) is 14.5 Å². The standard InChI is InChI=1S/C43H38N10O10S3.Cu/c1-22-6-5-17-53(21-22)16-3-2-15-44-43(54)30-8-4-7-29-34(30)42-51-37-28-14-11-25(66(61,62)63)20-33(28)41(49-37)50-40-32-19-24(65(58,59)60)10-13-27(32)36(48-40)47-39-31-18-23(64(55,56)57)9-12-26(31)35(46-39)45-38(29)52-42;/h4-11,13-14,17,19-21H,2-3,12,15-16,18H2,1H3,(H9-,44,45,46,47,48,49,50,51,52,54,55,56,57,58,59,60,61,62,63);/q;+2/p-1. The third-order valence-electron chi connectivity index (χ3n) is 11.3. The number of aromatic nitrogens is 9. The quantitative estimate of drug-likeness (QED) is 0.0318. The van der Waals surface area contributed by atoms with E-state index in [-0.39, 0.29) is 107 Å². The van der Waals surface area contributed by atoms with Crippen molar-refractivity contribution in [3.63, 3.8) is 0 Å². The van der Waals surface area contributed by atoms with Crippen molar-refractivity contribution in [3.8, 4) is 45.6 Å². The molecule has 0 saturated carbocycles. The molecule has 7 aromatic rings. The number of fused-ring (bicyclic) bond motifs is 20. The summed E-state index contributed by atoms with van der Waals surface area (Å²) in [7, 11) is -13.1. The SMILES string of the molecule is Cc1ccc[n+](CCCCNC(=O)c2cccc3c2-c2nc-3nc3[n-]c(nc4nc(nc5[n-]c(n2)c2ccc(S(=O)(=O)O)cc52)-c2cc(S(O)(O)O)ccc2-4)c2c3CC=C(S(O)(O)O)C2)c1.[Cu+2]. The molecule has 4 aromatic heterocycles. The number of benzene rings is 3. The number of pyridine rings is 1. The normalized spacial score (nSPS) is 13.8. The van der Waals surface area contributed by atoms with Gasteiger partial charge < -0.3 is 62.5 Å².